The molecule has 9 heteroatoms. The van der Waals surface area contributed by atoms with E-state index >= 15 is 0 Å². The van der Waals surface area contributed by atoms with Crippen molar-refractivity contribution in [2.45, 2.75) is 57.4 Å². The molecule has 2 saturated heterocycles. The lowest BCUT2D eigenvalue weighted by Crippen LogP contribution is -2.56. The minimum atomic E-state index is -4.77. The number of fused-ring (bicyclic) bond motifs is 1. The molecule has 2 unspecified atom stereocenters. The smallest absolute Gasteiger partial charge is 0.323 e. The number of hydrogen-bond donors (Lipinski definition) is 0. The van der Waals surface area contributed by atoms with E-state index in [1.165, 1.54) is 11.9 Å². The van der Waals surface area contributed by atoms with E-state index in [1.807, 2.05) is 31.2 Å². The van der Waals surface area contributed by atoms with Crippen LogP contribution in [-0.4, -0.2) is 53.5 Å². The fourth-order valence-corrected chi connectivity index (χ4v) is 5.34. The van der Waals surface area contributed by atoms with Crippen LogP contribution in [0.4, 0.5) is 26.7 Å². The Morgan fingerprint density at radius 3 is 2.37 bits per heavy atom. The van der Waals surface area contributed by atoms with E-state index in [4.69, 9.17) is 0 Å². The first-order valence-corrected chi connectivity index (χ1v) is 11.8. The number of urea groups is 1. The van der Waals surface area contributed by atoms with Gasteiger partial charge in [0.1, 0.15) is 0 Å². The average molecular weight is 496 g/mol. The average Bonchev–Trinajstić information content (AvgIpc) is 3.26. The van der Waals surface area contributed by atoms with Gasteiger partial charge in [-0.15, -0.1) is 0 Å². The number of piperazine rings is 1. The van der Waals surface area contributed by atoms with Gasteiger partial charge in [0.2, 0.25) is 0 Å². The molecule has 0 bridgehead atoms. The number of benzene rings is 2. The van der Waals surface area contributed by atoms with Crippen molar-refractivity contribution in [2.24, 2.45) is 0 Å². The van der Waals surface area contributed by atoms with Gasteiger partial charge in [-0.1, -0.05) is 24.3 Å². The highest BCUT2D eigenvalue weighted by Gasteiger charge is 2.43. The molecule has 4 nitrogen and oxygen atoms in total. The highest BCUT2D eigenvalue weighted by molar-refractivity contribution is 5.75. The first-order valence-electron chi connectivity index (χ1n) is 11.8. The molecule has 2 aliphatic rings. The summed E-state index contributed by atoms with van der Waals surface area (Å²) >= 11 is 0. The van der Waals surface area contributed by atoms with Crippen LogP contribution in [-0.2, 0) is 18.6 Å². The van der Waals surface area contributed by atoms with Crippen molar-refractivity contribution in [3.05, 3.63) is 70.3 Å². The highest BCUT2D eigenvalue weighted by atomic mass is 19.4. The van der Waals surface area contributed by atoms with Crippen LogP contribution in [0.15, 0.2) is 42.5 Å². The summed E-state index contributed by atoms with van der Waals surface area (Å²) in [5.41, 5.74) is 0.265. The van der Waals surface area contributed by atoms with Crippen LogP contribution < -0.4 is 0 Å². The molecule has 0 spiro atoms. The van der Waals surface area contributed by atoms with Gasteiger partial charge in [0.15, 0.2) is 0 Å². The number of rotatable bonds is 4. The Hall–Kier alpha value is -2.68. The third kappa shape index (κ3) is 5.29. The molecule has 2 heterocycles. The Balaban J connectivity index is 1.63. The number of halogens is 5. The van der Waals surface area contributed by atoms with E-state index in [9.17, 15) is 26.7 Å². The monoisotopic (exact) mass is 495 g/mol. The minimum absolute atomic E-state index is 0.0131. The maximum atomic E-state index is 13.9. The molecular weight excluding hydrogens is 465 g/mol. The molecule has 2 fully saturated rings. The third-order valence-electron chi connectivity index (χ3n) is 7.07. The Bertz CT molecular complexity index is 1050. The maximum absolute atomic E-state index is 13.9. The molecule has 2 aromatic rings. The molecule has 2 amide bonds. The van der Waals surface area contributed by atoms with Crippen molar-refractivity contribution in [1.82, 2.24) is 14.7 Å². The minimum Gasteiger partial charge on any atom is -0.323 e. The molecule has 0 saturated carbocycles. The van der Waals surface area contributed by atoms with E-state index in [1.54, 1.807) is 4.90 Å². The van der Waals surface area contributed by atoms with E-state index in [-0.39, 0.29) is 30.2 Å². The normalized spacial score (nSPS) is 21.2. The number of carbonyl (C=O) groups is 1. The van der Waals surface area contributed by atoms with Crippen LogP contribution >= 0.6 is 0 Å². The molecule has 35 heavy (non-hydrogen) atoms. The molecule has 2 aromatic carbocycles. The Labute approximate surface area is 202 Å². The van der Waals surface area contributed by atoms with Gasteiger partial charge in [0.25, 0.3) is 5.92 Å². The number of nitrogens with zero attached hydrogens (tertiary/aromatic N) is 3. The zero-order valence-electron chi connectivity index (χ0n) is 20.1. The summed E-state index contributed by atoms with van der Waals surface area (Å²) in [5, 5.41) is 0. The predicted molar refractivity (Wildman–Crippen MR) is 123 cm³/mol. The van der Waals surface area contributed by atoms with E-state index in [2.05, 4.69) is 4.90 Å². The molecule has 0 N–H and O–H groups in total. The highest BCUT2D eigenvalue weighted by Crippen LogP contribution is 2.39. The largest absolute Gasteiger partial charge is 0.416 e. The van der Waals surface area contributed by atoms with Gasteiger partial charge in [-0.3, -0.25) is 4.90 Å². The van der Waals surface area contributed by atoms with Crippen molar-refractivity contribution in [3.63, 3.8) is 0 Å². The van der Waals surface area contributed by atoms with Crippen LogP contribution in [0.25, 0.3) is 0 Å². The van der Waals surface area contributed by atoms with Crippen molar-refractivity contribution in [3.8, 4) is 0 Å². The third-order valence-corrected chi connectivity index (χ3v) is 7.07. The molecule has 0 aliphatic carbocycles. The summed E-state index contributed by atoms with van der Waals surface area (Å²) < 4.78 is 68.0. The molecular formula is C26H30F5N3O. The molecule has 0 aromatic heterocycles. The number of carbonyl (C=O) groups excluding carboxylic acids is 1. The predicted octanol–water partition coefficient (Wildman–Crippen LogP) is 6.20. The fourth-order valence-electron chi connectivity index (χ4n) is 5.34. The lowest BCUT2D eigenvalue weighted by molar-refractivity contribution is -0.137. The van der Waals surface area contributed by atoms with Crippen LogP contribution in [0.2, 0.25) is 0 Å². The summed E-state index contributed by atoms with van der Waals surface area (Å²) in [5.74, 6) is -3.44. The summed E-state index contributed by atoms with van der Waals surface area (Å²) in [7, 11) is 1.50. The summed E-state index contributed by atoms with van der Waals surface area (Å²) in [6.07, 6.45) is -2.77. The number of aryl methyl sites for hydroxylation is 1. The molecule has 0 radical (unpaired) electrons. The lowest BCUT2D eigenvalue weighted by atomic mass is 9.91. The topological polar surface area (TPSA) is 26.8 Å². The first-order chi connectivity index (χ1) is 16.4. The van der Waals surface area contributed by atoms with Crippen molar-refractivity contribution in [2.75, 3.05) is 26.7 Å². The molecule has 190 valence electrons. The van der Waals surface area contributed by atoms with Crippen molar-refractivity contribution in [1.29, 1.82) is 0 Å². The second-order valence-electron chi connectivity index (χ2n) is 9.68. The summed E-state index contributed by atoms with van der Waals surface area (Å²) in [6.45, 7) is 4.54. The maximum Gasteiger partial charge on any atom is 0.416 e. The Kier molecular flexibility index (Phi) is 6.83. The van der Waals surface area contributed by atoms with Gasteiger partial charge in [-0.2, -0.15) is 13.2 Å². The van der Waals surface area contributed by atoms with E-state index in [0.29, 0.717) is 19.5 Å². The first kappa shape index (κ1) is 25.4. The summed E-state index contributed by atoms with van der Waals surface area (Å²) in [4.78, 5) is 19.1. The second-order valence-corrected chi connectivity index (χ2v) is 9.68. The fraction of sp³-hybridized carbons (Fsp3) is 0.500. The zero-order valence-corrected chi connectivity index (χ0v) is 20.1. The van der Waals surface area contributed by atoms with Gasteiger partial charge in [-0.25, -0.2) is 13.6 Å². The number of amides is 2. The quantitative estimate of drug-likeness (QED) is 0.473. The lowest BCUT2D eigenvalue weighted by Gasteiger charge is -2.46. The SMILES string of the molecule is Cc1ccccc1C1C2CCCN2CCN1C(=O)N(C)Cc1cc(C(C)(F)F)cc(C(F)(F)F)c1. The van der Waals surface area contributed by atoms with Crippen LogP contribution in [0.1, 0.15) is 53.6 Å². The number of alkyl halides is 5. The summed E-state index contributed by atoms with van der Waals surface area (Å²) in [6, 6.07) is 9.93. The van der Waals surface area contributed by atoms with Gasteiger partial charge in [-0.05, 0) is 61.2 Å². The second kappa shape index (κ2) is 9.41. The standard InChI is InChI=1S/C26H30F5N3O/c1-17-7-4-5-8-21(17)23-22-9-6-10-33(22)11-12-34(23)24(35)32(3)16-18-13-19(25(2,27)28)15-20(14-18)26(29,30)31/h4-5,7-8,13-15,22-23H,6,9-12,16H2,1-3H3. The number of hydrogen-bond acceptors (Lipinski definition) is 2. The van der Waals surface area contributed by atoms with Gasteiger partial charge in [0, 0.05) is 45.2 Å². The molecule has 2 atom stereocenters. The van der Waals surface area contributed by atoms with Crippen LogP contribution in [0.3, 0.4) is 0 Å². The van der Waals surface area contributed by atoms with E-state index < -0.39 is 23.2 Å². The molecule has 4 rings (SSSR count). The van der Waals surface area contributed by atoms with Crippen molar-refractivity contribution < 1.29 is 26.7 Å². The van der Waals surface area contributed by atoms with Gasteiger partial charge >= 0.3 is 12.2 Å². The van der Waals surface area contributed by atoms with Gasteiger partial charge < -0.3 is 9.80 Å². The van der Waals surface area contributed by atoms with Crippen LogP contribution in [0.5, 0.6) is 0 Å². The van der Waals surface area contributed by atoms with Crippen molar-refractivity contribution >= 4 is 6.03 Å². The Morgan fingerprint density at radius 1 is 1.03 bits per heavy atom. The van der Waals surface area contributed by atoms with Crippen LogP contribution in [0, 0.1) is 6.92 Å². The zero-order chi connectivity index (χ0) is 25.5. The van der Waals surface area contributed by atoms with E-state index in [0.717, 1.165) is 49.2 Å². The molecule has 2 aliphatic heterocycles. The Morgan fingerprint density at radius 2 is 1.71 bits per heavy atom. The van der Waals surface area contributed by atoms with Gasteiger partial charge in [0.05, 0.1) is 11.6 Å².